The molecule has 0 saturated heterocycles. The Kier molecular flexibility index (Phi) is 5.39. The molecule has 0 unspecified atom stereocenters. The second-order valence-electron chi connectivity index (χ2n) is 4.32. The van der Waals surface area contributed by atoms with Crippen LogP contribution in [0.3, 0.4) is 0 Å². The molecule has 0 fully saturated rings. The molecule has 0 saturated carbocycles. The van der Waals surface area contributed by atoms with E-state index in [0.717, 1.165) is 10.4 Å². The molecule has 0 atom stereocenters. The Labute approximate surface area is 132 Å². The molecule has 2 rings (SSSR count). The lowest BCUT2D eigenvalue weighted by Crippen LogP contribution is -2.24. The van der Waals surface area contributed by atoms with Gasteiger partial charge in [-0.2, -0.15) is 0 Å². The quantitative estimate of drug-likeness (QED) is 0.880. The number of nitrogens with two attached hydrogens (primary N) is 1. The zero-order valence-electron chi connectivity index (χ0n) is 11.9. The van der Waals surface area contributed by atoms with Crippen LogP contribution in [0.5, 0.6) is 5.75 Å². The average Bonchev–Trinajstić information content (AvgIpc) is 3.13. The minimum Gasteiger partial charge on any atom is -0.496 e. The Bertz CT molecular complexity index is 679. The minimum absolute atomic E-state index is 0.00806. The highest BCUT2D eigenvalue weighted by Gasteiger charge is 2.15. The van der Waals surface area contributed by atoms with Crippen molar-refractivity contribution in [1.29, 1.82) is 0 Å². The van der Waals surface area contributed by atoms with Crippen LogP contribution in [0.25, 0.3) is 0 Å². The summed E-state index contributed by atoms with van der Waals surface area (Å²) in [5.41, 5.74) is 6.29. The van der Waals surface area contributed by atoms with E-state index in [9.17, 15) is 4.79 Å². The fraction of sp³-hybridized carbons (Fsp3) is 0.267. The van der Waals surface area contributed by atoms with E-state index >= 15 is 0 Å². The fourth-order valence-corrected chi connectivity index (χ4v) is 3.43. The average molecular weight is 320 g/mol. The molecule has 21 heavy (non-hydrogen) atoms. The van der Waals surface area contributed by atoms with Crippen LogP contribution in [0, 0.1) is 11.8 Å². The monoisotopic (exact) mass is 320 g/mol. The van der Waals surface area contributed by atoms with E-state index in [0.29, 0.717) is 23.7 Å². The maximum Gasteiger partial charge on any atom is 0.264 e. The Hall–Kier alpha value is -1.81. The predicted octanol–water partition coefficient (Wildman–Crippen LogP) is 2.40. The first-order valence-corrected chi connectivity index (χ1v) is 8.04. The van der Waals surface area contributed by atoms with Crippen molar-refractivity contribution in [3.63, 3.8) is 0 Å². The van der Waals surface area contributed by atoms with Crippen molar-refractivity contribution in [3.8, 4) is 17.6 Å². The molecule has 2 aromatic heterocycles. The van der Waals surface area contributed by atoms with Gasteiger partial charge < -0.3 is 15.4 Å². The van der Waals surface area contributed by atoms with E-state index in [-0.39, 0.29) is 5.91 Å². The molecule has 2 aromatic rings. The number of thiophene rings is 2. The molecule has 2 heterocycles. The van der Waals surface area contributed by atoms with E-state index in [4.69, 9.17) is 10.5 Å². The van der Waals surface area contributed by atoms with Crippen molar-refractivity contribution in [2.24, 2.45) is 5.73 Å². The summed E-state index contributed by atoms with van der Waals surface area (Å²) in [5, 5.41) is 3.80. The van der Waals surface area contributed by atoms with E-state index < -0.39 is 0 Å². The SMILES string of the molecule is COc1csc(C(=O)N(C)Cc2cc(C#CCN)cs2)c1. The minimum atomic E-state index is -0.00806. The first-order chi connectivity index (χ1) is 10.1. The van der Waals surface area contributed by atoms with Crippen molar-refractivity contribution < 1.29 is 9.53 Å². The molecule has 0 bridgehead atoms. The number of ether oxygens (including phenoxy) is 1. The summed E-state index contributed by atoms with van der Waals surface area (Å²) in [7, 11) is 3.38. The highest BCUT2D eigenvalue weighted by atomic mass is 32.1. The molecule has 0 aliphatic rings. The van der Waals surface area contributed by atoms with Crippen LogP contribution >= 0.6 is 22.7 Å². The third kappa shape index (κ3) is 4.08. The van der Waals surface area contributed by atoms with Crippen LogP contribution in [-0.2, 0) is 6.54 Å². The number of nitrogens with zero attached hydrogens (tertiary/aromatic N) is 1. The molecular weight excluding hydrogens is 304 g/mol. The van der Waals surface area contributed by atoms with E-state index in [1.807, 2.05) is 16.8 Å². The second-order valence-corrected chi connectivity index (χ2v) is 6.23. The lowest BCUT2D eigenvalue weighted by atomic mass is 10.3. The highest BCUT2D eigenvalue weighted by Crippen LogP contribution is 2.23. The van der Waals surface area contributed by atoms with Gasteiger partial charge in [-0.1, -0.05) is 11.8 Å². The van der Waals surface area contributed by atoms with Crippen LogP contribution in [0.15, 0.2) is 22.9 Å². The number of amides is 1. The molecule has 0 aliphatic carbocycles. The summed E-state index contributed by atoms with van der Waals surface area (Å²) in [6, 6.07) is 3.75. The van der Waals surface area contributed by atoms with Crippen LogP contribution in [0.4, 0.5) is 0 Å². The highest BCUT2D eigenvalue weighted by molar-refractivity contribution is 7.12. The number of hydrogen-bond donors (Lipinski definition) is 1. The van der Waals surface area contributed by atoms with Crippen LogP contribution in [0.2, 0.25) is 0 Å². The van der Waals surface area contributed by atoms with Crippen molar-refractivity contribution in [3.05, 3.63) is 38.2 Å². The molecule has 4 nitrogen and oxygen atoms in total. The van der Waals surface area contributed by atoms with E-state index in [1.165, 1.54) is 11.3 Å². The molecule has 0 spiro atoms. The van der Waals surface area contributed by atoms with Gasteiger partial charge in [0.25, 0.3) is 5.91 Å². The molecule has 110 valence electrons. The standard InChI is InChI=1S/C15H16N2O2S2/c1-17(15(18)14-7-12(19-2)10-21-14)8-13-6-11(9-20-13)4-3-5-16/h6-7,9-10H,5,8,16H2,1-2H3. The third-order valence-electron chi connectivity index (χ3n) is 2.75. The maximum atomic E-state index is 12.3. The molecule has 1 amide bonds. The number of carbonyl (C=O) groups is 1. The summed E-state index contributed by atoms with van der Waals surface area (Å²) in [4.78, 5) is 15.8. The topological polar surface area (TPSA) is 55.6 Å². The molecule has 6 heteroatoms. The Balaban J connectivity index is 2.01. The molecule has 0 aromatic carbocycles. The van der Waals surface area contributed by atoms with Gasteiger partial charge in [-0.25, -0.2) is 0 Å². The van der Waals surface area contributed by atoms with Gasteiger partial charge in [0.2, 0.25) is 0 Å². The normalized spacial score (nSPS) is 9.86. The summed E-state index contributed by atoms with van der Waals surface area (Å²) in [6.45, 7) is 0.914. The Morgan fingerprint density at radius 1 is 1.38 bits per heavy atom. The van der Waals surface area contributed by atoms with Crippen LogP contribution in [0.1, 0.15) is 20.1 Å². The zero-order chi connectivity index (χ0) is 15.2. The Morgan fingerprint density at radius 3 is 2.86 bits per heavy atom. The number of hydrogen-bond acceptors (Lipinski definition) is 5. The van der Waals surface area contributed by atoms with Crippen LogP contribution in [-0.4, -0.2) is 31.5 Å². The van der Waals surface area contributed by atoms with Gasteiger partial charge in [-0.05, 0) is 6.07 Å². The molecular formula is C15H16N2O2S2. The lowest BCUT2D eigenvalue weighted by Gasteiger charge is -2.14. The van der Waals surface area contributed by atoms with Gasteiger partial charge in [0.05, 0.1) is 25.1 Å². The lowest BCUT2D eigenvalue weighted by molar-refractivity contribution is 0.0791. The number of carbonyl (C=O) groups excluding carboxylic acids is 1. The summed E-state index contributed by atoms with van der Waals surface area (Å²) >= 11 is 2.98. The predicted molar refractivity (Wildman–Crippen MR) is 86.9 cm³/mol. The first kappa shape index (κ1) is 15.6. The van der Waals surface area contributed by atoms with Crippen molar-refractivity contribution in [2.45, 2.75) is 6.54 Å². The van der Waals surface area contributed by atoms with Crippen molar-refractivity contribution >= 4 is 28.6 Å². The van der Waals surface area contributed by atoms with E-state index in [1.54, 1.807) is 36.5 Å². The number of rotatable bonds is 4. The number of methoxy groups -OCH3 is 1. The second kappa shape index (κ2) is 7.27. The van der Waals surface area contributed by atoms with Gasteiger partial charge in [0, 0.05) is 34.3 Å². The smallest absolute Gasteiger partial charge is 0.264 e. The zero-order valence-corrected chi connectivity index (χ0v) is 13.5. The van der Waals surface area contributed by atoms with Crippen molar-refractivity contribution in [1.82, 2.24) is 4.90 Å². The first-order valence-electron chi connectivity index (χ1n) is 6.28. The third-order valence-corrected chi connectivity index (χ3v) is 4.57. The summed E-state index contributed by atoms with van der Waals surface area (Å²) in [6.07, 6.45) is 0. The van der Waals surface area contributed by atoms with Gasteiger partial charge in [0.15, 0.2) is 0 Å². The van der Waals surface area contributed by atoms with Gasteiger partial charge in [-0.15, -0.1) is 22.7 Å². The molecule has 0 aliphatic heterocycles. The van der Waals surface area contributed by atoms with E-state index in [2.05, 4.69) is 11.8 Å². The molecule has 0 radical (unpaired) electrons. The van der Waals surface area contributed by atoms with Crippen LogP contribution < -0.4 is 10.5 Å². The van der Waals surface area contributed by atoms with Gasteiger partial charge in [0.1, 0.15) is 5.75 Å². The fourth-order valence-electron chi connectivity index (χ4n) is 1.71. The Morgan fingerprint density at radius 2 is 2.19 bits per heavy atom. The van der Waals surface area contributed by atoms with Gasteiger partial charge in [-0.3, -0.25) is 4.79 Å². The van der Waals surface area contributed by atoms with Crippen molar-refractivity contribution in [2.75, 3.05) is 20.7 Å². The molecule has 2 N–H and O–H groups in total. The van der Waals surface area contributed by atoms with Gasteiger partial charge >= 0.3 is 0 Å². The summed E-state index contributed by atoms with van der Waals surface area (Å²) in [5.74, 6) is 6.51. The largest absolute Gasteiger partial charge is 0.496 e. The maximum absolute atomic E-state index is 12.3. The summed E-state index contributed by atoms with van der Waals surface area (Å²) < 4.78 is 5.10.